The molecule has 0 bridgehead atoms. The number of hydrogen-bond donors (Lipinski definition) is 1. The smallest absolute Gasteiger partial charge is 0.408 e. The highest BCUT2D eigenvalue weighted by molar-refractivity contribution is 5.77. The lowest BCUT2D eigenvalue weighted by atomic mass is 10.00. The number of amides is 1. The van der Waals surface area contributed by atoms with Crippen molar-refractivity contribution in [2.75, 3.05) is 0 Å². The summed E-state index contributed by atoms with van der Waals surface area (Å²) in [5, 5.41) is 6.75. The molecule has 6 heteroatoms. The van der Waals surface area contributed by atoms with Crippen LogP contribution in [-0.4, -0.2) is 27.8 Å². The maximum atomic E-state index is 11.8. The second-order valence-corrected chi connectivity index (χ2v) is 5.74. The van der Waals surface area contributed by atoms with Gasteiger partial charge in [-0.05, 0) is 40.7 Å². The first kappa shape index (κ1) is 15.2. The third-order valence-corrected chi connectivity index (χ3v) is 2.53. The minimum absolute atomic E-state index is 0.603. The molecule has 1 heterocycles. The molecular weight excluding hydrogens is 246 g/mol. The molecule has 0 spiro atoms. The lowest BCUT2D eigenvalue weighted by Crippen LogP contribution is -2.48. The van der Waals surface area contributed by atoms with Crippen molar-refractivity contribution >= 4 is 12.4 Å². The normalized spacial score (nSPS) is 14.6. The maximum absolute atomic E-state index is 11.8. The van der Waals surface area contributed by atoms with E-state index in [0.29, 0.717) is 12.0 Å². The SMILES string of the molecule is Cc1cc(C(C)(C=O)NC(=O)OC(C)(C)C)n(C)n1. The molecule has 0 saturated heterocycles. The van der Waals surface area contributed by atoms with Crippen LogP contribution in [0.4, 0.5) is 4.79 Å². The summed E-state index contributed by atoms with van der Waals surface area (Å²) in [6.45, 7) is 8.72. The Labute approximate surface area is 113 Å². The average molecular weight is 267 g/mol. The molecule has 1 aromatic heterocycles. The van der Waals surface area contributed by atoms with Gasteiger partial charge in [-0.2, -0.15) is 5.10 Å². The van der Waals surface area contributed by atoms with Crippen LogP contribution in [0, 0.1) is 6.92 Å². The molecule has 0 radical (unpaired) electrons. The predicted octanol–water partition coefficient (Wildman–Crippen LogP) is 1.67. The van der Waals surface area contributed by atoms with Gasteiger partial charge in [-0.1, -0.05) is 0 Å². The van der Waals surface area contributed by atoms with E-state index >= 15 is 0 Å². The summed E-state index contributed by atoms with van der Waals surface area (Å²) in [6.07, 6.45) is 0.0360. The summed E-state index contributed by atoms with van der Waals surface area (Å²) in [6, 6.07) is 1.76. The second-order valence-electron chi connectivity index (χ2n) is 5.74. The molecule has 19 heavy (non-hydrogen) atoms. The van der Waals surface area contributed by atoms with E-state index in [1.165, 1.54) is 0 Å². The molecule has 0 aromatic carbocycles. The van der Waals surface area contributed by atoms with Gasteiger partial charge in [0.15, 0.2) is 6.29 Å². The van der Waals surface area contributed by atoms with Gasteiger partial charge in [0.2, 0.25) is 0 Å². The van der Waals surface area contributed by atoms with Crippen molar-refractivity contribution in [1.29, 1.82) is 0 Å². The van der Waals surface area contributed by atoms with Crippen molar-refractivity contribution in [3.8, 4) is 0 Å². The molecule has 106 valence electrons. The van der Waals surface area contributed by atoms with Crippen LogP contribution in [0.5, 0.6) is 0 Å². The molecule has 1 amide bonds. The number of aromatic nitrogens is 2. The van der Waals surface area contributed by atoms with E-state index in [2.05, 4.69) is 10.4 Å². The molecule has 0 saturated carbocycles. The second kappa shape index (κ2) is 5.03. The molecule has 1 atom stereocenters. The number of alkyl carbamates (subject to hydrolysis) is 1. The highest BCUT2D eigenvalue weighted by atomic mass is 16.6. The van der Waals surface area contributed by atoms with Crippen LogP contribution in [0.3, 0.4) is 0 Å². The van der Waals surface area contributed by atoms with Gasteiger partial charge < -0.3 is 14.8 Å². The Bertz CT molecular complexity index is 488. The van der Waals surface area contributed by atoms with E-state index in [1.807, 2.05) is 6.92 Å². The van der Waals surface area contributed by atoms with Crippen LogP contribution >= 0.6 is 0 Å². The van der Waals surface area contributed by atoms with Gasteiger partial charge >= 0.3 is 6.09 Å². The van der Waals surface area contributed by atoms with Gasteiger partial charge in [0.1, 0.15) is 11.1 Å². The van der Waals surface area contributed by atoms with E-state index in [0.717, 1.165) is 5.69 Å². The molecule has 1 aromatic rings. The van der Waals surface area contributed by atoms with Crippen molar-refractivity contribution < 1.29 is 14.3 Å². The fraction of sp³-hybridized carbons (Fsp3) is 0.615. The van der Waals surface area contributed by atoms with E-state index < -0.39 is 17.2 Å². The largest absolute Gasteiger partial charge is 0.444 e. The number of carbonyl (C=O) groups is 2. The summed E-state index contributed by atoms with van der Waals surface area (Å²) in [7, 11) is 1.72. The van der Waals surface area contributed by atoms with Crippen molar-refractivity contribution in [1.82, 2.24) is 15.1 Å². The van der Waals surface area contributed by atoms with E-state index in [9.17, 15) is 9.59 Å². The van der Waals surface area contributed by atoms with Gasteiger partial charge in [-0.15, -0.1) is 0 Å². The highest BCUT2D eigenvalue weighted by Crippen LogP contribution is 2.20. The monoisotopic (exact) mass is 267 g/mol. The molecule has 0 aliphatic heterocycles. The Balaban J connectivity index is 2.96. The quantitative estimate of drug-likeness (QED) is 0.845. The van der Waals surface area contributed by atoms with Gasteiger partial charge in [-0.25, -0.2) is 4.79 Å². The molecule has 0 fully saturated rings. The van der Waals surface area contributed by atoms with Crippen LogP contribution in [-0.2, 0) is 22.1 Å². The first-order valence-corrected chi connectivity index (χ1v) is 6.06. The minimum Gasteiger partial charge on any atom is -0.444 e. The summed E-state index contributed by atoms with van der Waals surface area (Å²) < 4.78 is 6.74. The Morgan fingerprint density at radius 3 is 2.37 bits per heavy atom. The molecule has 6 nitrogen and oxygen atoms in total. The zero-order valence-electron chi connectivity index (χ0n) is 12.3. The molecule has 1 N–H and O–H groups in total. The zero-order valence-corrected chi connectivity index (χ0v) is 12.3. The topological polar surface area (TPSA) is 73.2 Å². The maximum Gasteiger partial charge on any atom is 0.408 e. The average Bonchev–Trinajstić information content (AvgIpc) is 2.55. The number of nitrogens with zero attached hydrogens (tertiary/aromatic N) is 2. The van der Waals surface area contributed by atoms with E-state index in [1.54, 1.807) is 45.5 Å². The number of nitrogens with one attached hydrogen (secondary N) is 1. The van der Waals surface area contributed by atoms with Crippen LogP contribution < -0.4 is 5.32 Å². The van der Waals surface area contributed by atoms with Crippen LogP contribution in [0.2, 0.25) is 0 Å². The lowest BCUT2D eigenvalue weighted by Gasteiger charge is -2.27. The summed E-state index contributed by atoms with van der Waals surface area (Å²) in [5.41, 5.74) is -0.406. The van der Waals surface area contributed by atoms with Gasteiger partial charge in [0.05, 0.1) is 11.4 Å². The van der Waals surface area contributed by atoms with Crippen molar-refractivity contribution in [3.05, 3.63) is 17.5 Å². The number of aryl methyl sites for hydroxylation is 2. The number of carbonyl (C=O) groups excluding carboxylic acids is 2. The molecule has 0 aliphatic carbocycles. The standard InChI is InChI=1S/C13H21N3O3/c1-9-7-10(16(6)15-9)13(5,8-17)14-11(18)19-12(2,3)4/h7-8H,1-6H3,(H,14,18). The third kappa shape index (κ3) is 3.81. The van der Waals surface area contributed by atoms with Crippen molar-refractivity contribution in [3.63, 3.8) is 0 Å². The Hall–Kier alpha value is -1.85. The lowest BCUT2D eigenvalue weighted by molar-refractivity contribution is -0.113. The third-order valence-electron chi connectivity index (χ3n) is 2.53. The minimum atomic E-state index is -1.17. The Morgan fingerprint density at radius 1 is 1.42 bits per heavy atom. The Kier molecular flexibility index (Phi) is 4.03. The molecule has 0 aliphatic rings. The van der Waals surface area contributed by atoms with Crippen molar-refractivity contribution in [2.24, 2.45) is 7.05 Å². The fourth-order valence-corrected chi connectivity index (χ4v) is 1.77. The number of aldehydes is 1. The summed E-state index contributed by atoms with van der Waals surface area (Å²) in [5.74, 6) is 0. The number of hydrogen-bond acceptors (Lipinski definition) is 4. The number of ether oxygens (including phenoxy) is 1. The summed E-state index contributed by atoms with van der Waals surface area (Å²) >= 11 is 0. The first-order valence-electron chi connectivity index (χ1n) is 6.06. The van der Waals surface area contributed by atoms with Crippen LogP contribution in [0.1, 0.15) is 39.1 Å². The number of rotatable bonds is 3. The molecule has 1 unspecified atom stereocenters. The van der Waals surface area contributed by atoms with E-state index in [4.69, 9.17) is 4.74 Å². The van der Waals surface area contributed by atoms with Crippen LogP contribution in [0.25, 0.3) is 0 Å². The first-order chi connectivity index (χ1) is 8.57. The fourth-order valence-electron chi connectivity index (χ4n) is 1.77. The van der Waals surface area contributed by atoms with Gasteiger partial charge in [0.25, 0.3) is 0 Å². The van der Waals surface area contributed by atoms with Gasteiger partial charge in [-0.3, -0.25) is 4.68 Å². The zero-order chi connectivity index (χ0) is 14.8. The predicted molar refractivity (Wildman–Crippen MR) is 70.7 cm³/mol. The van der Waals surface area contributed by atoms with Crippen molar-refractivity contribution in [2.45, 2.75) is 45.8 Å². The van der Waals surface area contributed by atoms with Gasteiger partial charge in [0, 0.05) is 7.05 Å². The highest BCUT2D eigenvalue weighted by Gasteiger charge is 2.33. The molecular formula is C13H21N3O3. The Morgan fingerprint density at radius 2 is 2.00 bits per heavy atom. The van der Waals surface area contributed by atoms with Crippen LogP contribution in [0.15, 0.2) is 6.07 Å². The van der Waals surface area contributed by atoms with E-state index in [-0.39, 0.29) is 0 Å². The molecule has 1 rings (SSSR count). The summed E-state index contributed by atoms with van der Waals surface area (Å²) in [4.78, 5) is 23.2.